The molecule has 182 valence electrons. The summed E-state index contributed by atoms with van der Waals surface area (Å²) in [7, 11) is 0. The molecular weight excluding hydrogens is 494 g/mol. The zero-order valence-electron chi connectivity index (χ0n) is 17.0. The highest BCUT2D eigenvalue weighted by atomic mass is 35.5. The van der Waals surface area contributed by atoms with Crippen LogP contribution in [0.5, 0.6) is 0 Å². The summed E-state index contributed by atoms with van der Waals surface area (Å²) in [4.78, 5) is 30.9. The van der Waals surface area contributed by atoms with E-state index in [1.807, 2.05) is 0 Å². The molecule has 0 aromatic carbocycles. The molecule has 0 spiro atoms. The average molecular weight is 509 g/mol. The van der Waals surface area contributed by atoms with Crippen LogP contribution in [0.25, 0.3) is 22.2 Å². The average Bonchev–Trinajstić information content (AvgIpc) is 3.00. The van der Waals surface area contributed by atoms with Crippen LogP contribution < -0.4 is 0 Å². The summed E-state index contributed by atoms with van der Waals surface area (Å²) >= 11 is 6.20. The largest absolute Gasteiger partial charge is 0.490 e. The minimum atomic E-state index is -5.08. The third kappa shape index (κ3) is 5.76. The molecule has 1 fully saturated rings. The molecule has 0 unspecified atom stereocenters. The first-order chi connectivity index (χ1) is 15.8. The van der Waals surface area contributed by atoms with Crippen molar-refractivity contribution in [2.75, 3.05) is 13.1 Å². The molecular formula is C20H15ClF6N4O3. The highest BCUT2D eigenvalue weighted by Gasteiger charge is 2.38. The molecule has 0 saturated carbocycles. The first-order valence-electron chi connectivity index (χ1n) is 9.52. The van der Waals surface area contributed by atoms with E-state index in [9.17, 15) is 31.1 Å². The standard InChI is InChI=1S/C18H14ClF3N4O.C2HF3O2/c19-14-9-26(10-16(27)25-2-1-3-25)15-5-12(7-24-17(14)15)11-4-13(8-23-6-11)18(20,21)22;3-2(4,5)1(6)7/h4-9H,1-3,10H2;(H,6,7). The van der Waals surface area contributed by atoms with Gasteiger partial charge in [0.05, 0.1) is 16.1 Å². The first kappa shape index (κ1) is 25.3. The van der Waals surface area contributed by atoms with Crippen molar-refractivity contribution in [2.24, 2.45) is 0 Å². The Labute approximate surface area is 192 Å². The van der Waals surface area contributed by atoms with Gasteiger partial charge in [0.25, 0.3) is 0 Å². The maximum atomic E-state index is 12.9. The Morgan fingerprint density at radius 2 is 1.65 bits per heavy atom. The normalized spacial score (nSPS) is 13.8. The monoisotopic (exact) mass is 508 g/mol. The smallest absolute Gasteiger partial charge is 0.475 e. The lowest BCUT2D eigenvalue weighted by atomic mass is 10.1. The van der Waals surface area contributed by atoms with Gasteiger partial charge in [0, 0.05) is 49.0 Å². The summed E-state index contributed by atoms with van der Waals surface area (Å²) in [5.74, 6) is -2.78. The number of amides is 1. The molecule has 3 aromatic heterocycles. The summed E-state index contributed by atoms with van der Waals surface area (Å²) in [6.07, 6.45) is -3.38. The molecule has 0 atom stereocenters. The molecule has 1 saturated heterocycles. The van der Waals surface area contributed by atoms with Gasteiger partial charge in [-0.25, -0.2) is 4.79 Å². The number of fused-ring (bicyclic) bond motifs is 1. The van der Waals surface area contributed by atoms with Crippen molar-refractivity contribution in [3.63, 3.8) is 0 Å². The Hall–Kier alpha value is -3.35. The number of likely N-dealkylation sites (tertiary alicyclic amines) is 1. The van der Waals surface area contributed by atoms with Crippen LogP contribution in [-0.2, 0) is 22.3 Å². The predicted molar refractivity (Wildman–Crippen MR) is 108 cm³/mol. The van der Waals surface area contributed by atoms with Crippen molar-refractivity contribution in [3.05, 3.63) is 47.5 Å². The number of hydrogen-bond donors (Lipinski definition) is 1. The molecule has 3 aromatic rings. The summed E-state index contributed by atoms with van der Waals surface area (Å²) < 4.78 is 72.2. The summed E-state index contributed by atoms with van der Waals surface area (Å²) in [5.41, 5.74) is 1.01. The van der Waals surface area contributed by atoms with Crippen LogP contribution in [0.3, 0.4) is 0 Å². The predicted octanol–water partition coefficient (Wildman–Crippen LogP) is 4.64. The SMILES string of the molecule is O=C(Cn1cc(Cl)c2ncc(-c3cncc(C(F)(F)F)c3)cc21)N1CCC1.O=C(O)C(F)(F)F. The van der Waals surface area contributed by atoms with Gasteiger partial charge in [-0.15, -0.1) is 0 Å². The molecule has 0 aliphatic carbocycles. The number of aliphatic carboxylic acids is 1. The van der Waals surface area contributed by atoms with E-state index < -0.39 is 23.9 Å². The van der Waals surface area contributed by atoms with E-state index in [1.165, 1.54) is 12.4 Å². The molecule has 7 nitrogen and oxygen atoms in total. The van der Waals surface area contributed by atoms with Gasteiger partial charge in [-0.3, -0.25) is 14.8 Å². The highest BCUT2D eigenvalue weighted by molar-refractivity contribution is 6.35. The number of carbonyl (C=O) groups is 2. The number of alkyl halides is 6. The van der Waals surface area contributed by atoms with Gasteiger partial charge >= 0.3 is 18.3 Å². The fraction of sp³-hybridized carbons (Fsp3) is 0.300. The molecule has 1 N–H and O–H groups in total. The molecule has 1 aliphatic heterocycles. The Morgan fingerprint density at radius 1 is 1.03 bits per heavy atom. The van der Waals surface area contributed by atoms with E-state index in [4.69, 9.17) is 21.5 Å². The van der Waals surface area contributed by atoms with Crippen molar-refractivity contribution >= 4 is 34.5 Å². The van der Waals surface area contributed by atoms with E-state index in [-0.39, 0.29) is 18.0 Å². The van der Waals surface area contributed by atoms with Crippen LogP contribution in [0.15, 0.2) is 36.9 Å². The fourth-order valence-corrected chi connectivity index (χ4v) is 3.24. The lowest BCUT2D eigenvalue weighted by molar-refractivity contribution is -0.192. The Morgan fingerprint density at radius 3 is 2.18 bits per heavy atom. The van der Waals surface area contributed by atoms with Gasteiger partial charge in [-0.2, -0.15) is 26.3 Å². The number of pyridine rings is 2. The van der Waals surface area contributed by atoms with E-state index in [1.54, 1.807) is 21.7 Å². The Kier molecular flexibility index (Phi) is 7.05. The van der Waals surface area contributed by atoms with Crippen molar-refractivity contribution in [1.29, 1.82) is 0 Å². The molecule has 4 rings (SSSR count). The molecule has 4 heterocycles. The third-order valence-electron chi connectivity index (χ3n) is 4.83. The van der Waals surface area contributed by atoms with Crippen molar-refractivity contribution in [3.8, 4) is 11.1 Å². The van der Waals surface area contributed by atoms with Crippen LogP contribution in [0, 0.1) is 0 Å². The Bertz CT molecular complexity index is 1220. The second-order valence-corrected chi connectivity index (χ2v) is 7.60. The number of nitrogens with zero attached hydrogens (tertiary/aromatic N) is 4. The lowest BCUT2D eigenvalue weighted by Gasteiger charge is -2.31. The fourth-order valence-electron chi connectivity index (χ4n) is 2.98. The van der Waals surface area contributed by atoms with Gasteiger partial charge in [-0.05, 0) is 18.6 Å². The van der Waals surface area contributed by atoms with Gasteiger partial charge in [0.2, 0.25) is 5.91 Å². The van der Waals surface area contributed by atoms with Crippen molar-refractivity contribution in [2.45, 2.75) is 25.3 Å². The summed E-state index contributed by atoms with van der Waals surface area (Å²) in [6.45, 7) is 1.59. The Balaban J connectivity index is 0.000000406. The number of halogens is 7. The molecule has 1 amide bonds. The maximum Gasteiger partial charge on any atom is 0.490 e. The number of carbonyl (C=O) groups excluding carboxylic acids is 1. The third-order valence-corrected chi connectivity index (χ3v) is 5.10. The van der Waals surface area contributed by atoms with Crippen molar-refractivity contribution < 1.29 is 41.0 Å². The van der Waals surface area contributed by atoms with Gasteiger partial charge in [-0.1, -0.05) is 11.6 Å². The van der Waals surface area contributed by atoms with E-state index in [2.05, 4.69) is 9.97 Å². The lowest BCUT2D eigenvalue weighted by Crippen LogP contribution is -2.43. The summed E-state index contributed by atoms with van der Waals surface area (Å²) in [6, 6.07) is 2.70. The minimum absolute atomic E-state index is 0.0269. The van der Waals surface area contributed by atoms with Crippen LogP contribution in [0.4, 0.5) is 26.3 Å². The van der Waals surface area contributed by atoms with Crippen molar-refractivity contribution in [1.82, 2.24) is 19.4 Å². The van der Waals surface area contributed by atoms with Gasteiger partial charge in [0.15, 0.2) is 0 Å². The molecule has 34 heavy (non-hydrogen) atoms. The maximum absolute atomic E-state index is 12.9. The van der Waals surface area contributed by atoms with Gasteiger partial charge in [0.1, 0.15) is 12.1 Å². The van der Waals surface area contributed by atoms with Crippen LogP contribution in [-0.4, -0.2) is 55.7 Å². The number of aromatic nitrogens is 3. The van der Waals surface area contributed by atoms with E-state index in [0.29, 0.717) is 21.6 Å². The number of hydrogen-bond acceptors (Lipinski definition) is 4. The zero-order chi connectivity index (χ0) is 25.3. The van der Waals surface area contributed by atoms with E-state index >= 15 is 0 Å². The van der Waals surface area contributed by atoms with Crippen LogP contribution in [0.2, 0.25) is 5.02 Å². The second-order valence-electron chi connectivity index (χ2n) is 7.19. The number of carboxylic acid groups (broad SMARTS) is 1. The van der Waals surface area contributed by atoms with Crippen LogP contribution in [0.1, 0.15) is 12.0 Å². The summed E-state index contributed by atoms with van der Waals surface area (Å²) in [5, 5.41) is 7.51. The number of carboxylic acids is 1. The quantitative estimate of drug-likeness (QED) is 0.521. The zero-order valence-corrected chi connectivity index (χ0v) is 17.7. The molecule has 0 bridgehead atoms. The first-order valence-corrected chi connectivity index (χ1v) is 9.90. The molecule has 0 radical (unpaired) electrons. The number of rotatable bonds is 3. The topological polar surface area (TPSA) is 88.3 Å². The molecule has 1 aliphatic rings. The second kappa shape index (κ2) is 9.49. The van der Waals surface area contributed by atoms with Gasteiger partial charge < -0.3 is 14.6 Å². The minimum Gasteiger partial charge on any atom is -0.475 e. The van der Waals surface area contributed by atoms with Crippen LogP contribution >= 0.6 is 11.6 Å². The molecule has 14 heteroatoms. The van der Waals surface area contributed by atoms with E-state index in [0.717, 1.165) is 31.8 Å². The highest BCUT2D eigenvalue weighted by Crippen LogP contribution is 2.33.